The Hall–Kier alpha value is -12.8. The molecule has 0 atom stereocenters. The second kappa shape index (κ2) is 29.4. The Morgan fingerprint density at radius 2 is 0.570 bits per heavy atom. The van der Waals surface area contributed by atoms with E-state index >= 15 is 0 Å². The highest BCUT2D eigenvalue weighted by Crippen LogP contribution is 2.56. The van der Waals surface area contributed by atoms with Gasteiger partial charge in [0, 0.05) is 133 Å². The highest BCUT2D eigenvalue weighted by molar-refractivity contribution is 7.00. The zero-order valence-corrected chi connectivity index (χ0v) is 79.3. The maximum Gasteiger partial charge on any atom is 0.252 e. The normalized spacial score (nSPS) is 13.6. The third-order valence-electron chi connectivity index (χ3n) is 27.3. The number of para-hydroxylation sites is 3. The molecule has 0 fully saturated rings. The van der Waals surface area contributed by atoms with Crippen LogP contribution in [0, 0.1) is 0 Å². The average molecular weight is 1670 g/mol. The summed E-state index contributed by atoms with van der Waals surface area (Å²) in [7, 11) is 0. The largest absolute Gasteiger partial charge is 0.456 e. The molecule has 638 valence electrons. The van der Waals surface area contributed by atoms with Crippen LogP contribution in [0.25, 0.3) is 133 Å². The molecule has 8 heteroatoms. The summed E-state index contributed by atoms with van der Waals surface area (Å²) in [4.78, 5) is 16.8. The molecule has 13 aromatic carbocycles. The zero-order valence-electron chi connectivity index (χ0n) is 79.3. The third-order valence-corrected chi connectivity index (χ3v) is 27.3. The highest BCUT2D eigenvalue weighted by Gasteiger charge is 2.47. The van der Waals surface area contributed by atoms with Gasteiger partial charge in [0.25, 0.3) is 6.71 Å². The minimum Gasteiger partial charge on any atom is -0.456 e. The van der Waals surface area contributed by atoms with Gasteiger partial charge in [-0.1, -0.05) is 324 Å². The van der Waals surface area contributed by atoms with E-state index in [-0.39, 0.29) is 50.0 Å². The standard InChI is InChI=1S/C120H119BN6O/c1-113(2,3)78-46-54-96-89(66-78)90-67-79(114(4,5)6)47-55-97(90)124(96)82-50-52-94-100(70-82)126(111-84(72-35-27-25-28-36-72)40-33-41-85(111)73-37-29-26-30-38-73)102-60-75(74-45-58-105-93(59-74)88-39-31-32-44-104(88)128-105)61-103-110(102)121(94)95-53-51-83(125-98-56-48-80(115(7,8)9)68-91(98)92-69-81(116(10,11)12)49-57-99(92)125)71-101(95)127(103)112-86(76-62-106(117(13,14)15)122-107(63-76)118(16,17)18)42-34-43-87(112)77-64-108(119(19,20)21)123-109(65-77)120(22,23)24/h25-71H,1-24H3. The number of fused-ring (bicyclic) bond motifs is 13. The van der Waals surface area contributed by atoms with Crippen molar-refractivity contribution in [2.24, 2.45) is 0 Å². The first-order valence-electron chi connectivity index (χ1n) is 46.1. The van der Waals surface area contributed by atoms with Crippen molar-refractivity contribution in [3.05, 3.63) is 330 Å². The lowest BCUT2D eigenvalue weighted by Crippen LogP contribution is -2.61. The van der Waals surface area contributed by atoms with E-state index in [0.29, 0.717) is 0 Å². The molecule has 0 spiro atoms. The van der Waals surface area contributed by atoms with Gasteiger partial charge in [-0.3, -0.25) is 9.97 Å². The quantitative estimate of drug-likeness (QED) is 0.135. The molecular weight excluding hydrogens is 1550 g/mol. The molecule has 5 aromatic heterocycles. The van der Waals surface area contributed by atoms with Crippen molar-refractivity contribution < 1.29 is 4.42 Å². The fourth-order valence-electron chi connectivity index (χ4n) is 19.9. The molecule has 0 radical (unpaired) electrons. The number of anilines is 6. The van der Waals surface area contributed by atoms with Gasteiger partial charge in [0.1, 0.15) is 11.2 Å². The number of hydrogen-bond donors (Lipinski definition) is 0. The van der Waals surface area contributed by atoms with Crippen LogP contribution in [0.3, 0.4) is 0 Å². The van der Waals surface area contributed by atoms with Crippen molar-refractivity contribution in [1.29, 1.82) is 0 Å². The molecule has 7 nitrogen and oxygen atoms in total. The number of pyridine rings is 2. The zero-order chi connectivity index (χ0) is 89.9. The van der Waals surface area contributed by atoms with E-state index in [4.69, 9.17) is 14.4 Å². The lowest BCUT2D eigenvalue weighted by molar-refractivity contribution is 0.531. The number of aromatic nitrogens is 4. The van der Waals surface area contributed by atoms with E-state index in [1.807, 2.05) is 0 Å². The molecule has 2 aliphatic heterocycles. The van der Waals surface area contributed by atoms with Crippen molar-refractivity contribution in [1.82, 2.24) is 19.1 Å². The smallest absolute Gasteiger partial charge is 0.252 e. The first kappa shape index (κ1) is 83.4. The molecule has 0 N–H and O–H groups in total. The van der Waals surface area contributed by atoms with Crippen LogP contribution in [0.2, 0.25) is 0 Å². The molecule has 7 heterocycles. The molecule has 0 unspecified atom stereocenters. The maximum atomic E-state index is 6.81. The molecule has 0 aliphatic carbocycles. The Balaban J connectivity index is 1.00. The van der Waals surface area contributed by atoms with Gasteiger partial charge in [-0.15, -0.1) is 0 Å². The predicted octanol–water partition coefficient (Wildman–Crippen LogP) is 31.4. The lowest BCUT2D eigenvalue weighted by atomic mass is 9.33. The van der Waals surface area contributed by atoms with Gasteiger partial charge in [-0.05, 0) is 221 Å². The summed E-state index contributed by atoms with van der Waals surface area (Å²) in [5, 5.41) is 7.09. The summed E-state index contributed by atoms with van der Waals surface area (Å²) in [6.07, 6.45) is 0. The van der Waals surface area contributed by atoms with E-state index in [1.54, 1.807) is 0 Å². The monoisotopic (exact) mass is 1670 g/mol. The summed E-state index contributed by atoms with van der Waals surface area (Å²) >= 11 is 0. The van der Waals surface area contributed by atoms with Crippen LogP contribution in [-0.4, -0.2) is 25.8 Å². The van der Waals surface area contributed by atoms with E-state index < -0.39 is 0 Å². The number of benzene rings is 13. The maximum absolute atomic E-state index is 6.81. The number of hydrogen-bond acceptors (Lipinski definition) is 5. The van der Waals surface area contributed by atoms with Crippen LogP contribution in [0.15, 0.2) is 290 Å². The number of rotatable bonds is 9. The molecule has 0 amide bonds. The van der Waals surface area contributed by atoms with Crippen molar-refractivity contribution in [3.8, 4) is 67.0 Å². The van der Waals surface area contributed by atoms with Crippen molar-refractivity contribution in [3.63, 3.8) is 0 Å². The van der Waals surface area contributed by atoms with Crippen molar-refractivity contribution in [2.75, 3.05) is 9.80 Å². The Bertz CT molecular complexity index is 7220. The van der Waals surface area contributed by atoms with E-state index in [9.17, 15) is 0 Å². The molecule has 0 saturated heterocycles. The summed E-state index contributed by atoms with van der Waals surface area (Å²) in [6, 6.07) is 111. The van der Waals surface area contributed by atoms with E-state index in [2.05, 4.69) is 470 Å². The van der Waals surface area contributed by atoms with Crippen molar-refractivity contribution >= 4 is 123 Å². The molecular formula is C120H119BN6O. The number of furan rings is 1. The first-order valence-corrected chi connectivity index (χ1v) is 46.1. The van der Waals surface area contributed by atoms with Gasteiger partial charge in [0.15, 0.2) is 0 Å². The van der Waals surface area contributed by atoms with Crippen LogP contribution < -0.4 is 26.2 Å². The topological polar surface area (TPSA) is 55.3 Å². The minimum atomic E-state index is -0.361. The minimum absolute atomic E-state index is 0.0937. The van der Waals surface area contributed by atoms with E-state index in [1.165, 1.54) is 60.2 Å². The molecule has 128 heavy (non-hydrogen) atoms. The van der Waals surface area contributed by atoms with Gasteiger partial charge in [-0.2, -0.15) is 0 Å². The molecule has 18 aromatic rings. The first-order chi connectivity index (χ1) is 60.5. The predicted molar refractivity (Wildman–Crippen MR) is 549 cm³/mol. The van der Waals surface area contributed by atoms with Crippen LogP contribution in [0.5, 0.6) is 0 Å². The number of nitrogens with zero attached hydrogens (tertiary/aromatic N) is 6. The van der Waals surface area contributed by atoms with Crippen LogP contribution in [0.1, 0.15) is 211 Å². The van der Waals surface area contributed by atoms with Gasteiger partial charge in [0.05, 0.1) is 33.4 Å². The Kier molecular flexibility index (Phi) is 19.2. The Morgan fingerprint density at radius 1 is 0.234 bits per heavy atom. The van der Waals surface area contributed by atoms with Crippen LogP contribution in [-0.2, 0) is 43.3 Å². The fourth-order valence-corrected chi connectivity index (χ4v) is 19.9. The Labute approximate surface area is 757 Å². The third kappa shape index (κ3) is 14.2. The second-order valence-corrected chi connectivity index (χ2v) is 44.8. The molecule has 2 aliphatic rings. The van der Waals surface area contributed by atoms with E-state index in [0.717, 1.165) is 168 Å². The molecule has 0 saturated carbocycles. The molecule has 20 rings (SSSR count). The van der Waals surface area contributed by atoms with Crippen LogP contribution in [0.4, 0.5) is 34.1 Å². The van der Waals surface area contributed by atoms with Gasteiger partial charge < -0.3 is 23.4 Å². The van der Waals surface area contributed by atoms with Gasteiger partial charge >= 0.3 is 0 Å². The summed E-state index contributed by atoms with van der Waals surface area (Å²) < 4.78 is 12.0. The lowest BCUT2D eigenvalue weighted by Gasteiger charge is -2.46. The second-order valence-electron chi connectivity index (χ2n) is 44.8. The summed E-state index contributed by atoms with van der Waals surface area (Å²) in [6.45, 7) is 55.5. The average Bonchev–Trinajstić information content (AvgIpc) is 0.711. The van der Waals surface area contributed by atoms with Crippen molar-refractivity contribution in [2.45, 2.75) is 209 Å². The Morgan fingerprint density at radius 3 is 0.922 bits per heavy atom. The summed E-state index contributed by atoms with van der Waals surface area (Å²) in [5.74, 6) is 0. The van der Waals surface area contributed by atoms with Gasteiger partial charge in [-0.25, -0.2) is 0 Å². The van der Waals surface area contributed by atoms with Crippen LogP contribution >= 0.6 is 0 Å². The summed E-state index contributed by atoms with van der Waals surface area (Å²) in [5.41, 5.74) is 37.1. The highest BCUT2D eigenvalue weighted by atomic mass is 16.3. The SMILES string of the molecule is CC(C)(C)c1ccc2c(c1)c1cc(C(C)(C)C)ccc1n2-c1ccc2c(c1)N(c1c(-c3ccccc3)cccc1-c1ccccc1)c1cc(-c3ccc4oc5ccccc5c4c3)cc3c1B2c1ccc(-n2c4ccc(C(C)(C)C)cc4c4cc(C(C)(C)C)ccc42)cc1N3c1c(-c2cc(C(C)(C)C)nc(C(C)(C)C)c2)cccc1-c1cc(C(C)(C)C)nc(C(C)(C)C)c1. The molecule has 0 bridgehead atoms. The fraction of sp³-hybridized carbons (Fsp3) is 0.267. The van der Waals surface area contributed by atoms with Gasteiger partial charge in [0.2, 0.25) is 0 Å².